The van der Waals surface area contributed by atoms with Crippen LogP contribution in [-0.4, -0.2) is 15.2 Å². The summed E-state index contributed by atoms with van der Waals surface area (Å²) in [4.78, 5) is 18.3. The first-order valence-electron chi connectivity index (χ1n) is 7.14. The van der Waals surface area contributed by atoms with Crippen LogP contribution < -0.4 is 4.90 Å². The molecule has 1 amide bonds. The van der Waals surface area contributed by atoms with Gasteiger partial charge in [0.2, 0.25) is 0 Å². The number of nitrogens with zero attached hydrogens (tertiary/aromatic N) is 2. The number of carbonyl (C=O) groups excluding carboxylic acids is 1. The highest BCUT2D eigenvalue weighted by atomic mass is 32.2. The average molecular weight is 380 g/mol. The Balaban J connectivity index is 1.95. The molecule has 1 fully saturated rings. The molecule has 0 N–H and O–H groups in total. The maximum absolute atomic E-state index is 12.9. The predicted octanol–water partition coefficient (Wildman–Crippen LogP) is 4.81. The Hall–Kier alpha value is -2.19. The molecule has 25 heavy (non-hydrogen) atoms. The molecule has 0 bridgehead atoms. The standard InChI is InChI=1S/C17H11F3N2OS2/c1-10-4-2-6-12(21-10)9-14-15(23)22(16(24)25-14)13-7-3-5-11(8-13)17(18,19)20/h2-9H,1H3. The monoisotopic (exact) mass is 380 g/mol. The third kappa shape index (κ3) is 3.74. The molecule has 2 aromatic rings. The van der Waals surface area contributed by atoms with E-state index in [-0.39, 0.29) is 10.0 Å². The van der Waals surface area contributed by atoms with Crippen molar-refractivity contribution < 1.29 is 18.0 Å². The molecule has 0 aliphatic carbocycles. The number of hydrogen-bond donors (Lipinski definition) is 0. The fourth-order valence-electron chi connectivity index (χ4n) is 2.29. The first-order valence-corrected chi connectivity index (χ1v) is 8.37. The normalized spacial score (nSPS) is 16.8. The maximum atomic E-state index is 12.9. The van der Waals surface area contributed by atoms with Gasteiger partial charge in [0.25, 0.3) is 5.91 Å². The molecule has 2 heterocycles. The molecule has 0 unspecified atom stereocenters. The van der Waals surface area contributed by atoms with Crippen molar-refractivity contribution >= 4 is 46.0 Å². The van der Waals surface area contributed by atoms with Crippen molar-refractivity contribution in [1.29, 1.82) is 0 Å². The van der Waals surface area contributed by atoms with E-state index in [4.69, 9.17) is 12.2 Å². The second kappa shape index (κ2) is 6.61. The van der Waals surface area contributed by atoms with E-state index in [2.05, 4.69) is 4.98 Å². The molecule has 3 rings (SSSR count). The van der Waals surface area contributed by atoms with Gasteiger partial charge in [0.1, 0.15) is 0 Å². The van der Waals surface area contributed by atoms with Crippen LogP contribution in [0.15, 0.2) is 47.4 Å². The number of hydrogen-bond acceptors (Lipinski definition) is 4. The van der Waals surface area contributed by atoms with Crippen molar-refractivity contribution in [2.24, 2.45) is 0 Å². The van der Waals surface area contributed by atoms with Crippen LogP contribution in [-0.2, 0) is 11.0 Å². The number of thiocarbonyl (C=S) groups is 1. The van der Waals surface area contributed by atoms with Crippen LogP contribution in [0.2, 0.25) is 0 Å². The number of halogens is 3. The molecule has 1 aromatic carbocycles. The second-order valence-corrected chi connectivity index (χ2v) is 6.94. The van der Waals surface area contributed by atoms with Crippen molar-refractivity contribution in [2.45, 2.75) is 13.1 Å². The van der Waals surface area contributed by atoms with Crippen LogP contribution in [0.25, 0.3) is 6.08 Å². The first-order chi connectivity index (χ1) is 11.8. The lowest BCUT2D eigenvalue weighted by Gasteiger charge is -2.16. The lowest BCUT2D eigenvalue weighted by molar-refractivity contribution is -0.137. The topological polar surface area (TPSA) is 33.2 Å². The van der Waals surface area contributed by atoms with Crippen molar-refractivity contribution in [1.82, 2.24) is 4.98 Å². The van der Waals surface area contributed by atoms with Crippen molar-refractivity contribution in [2.75, 3.05) is 4.90 Å². The molecule has 0 spiro atoms. The lowest BCUT2D eigenvalue weighted by atomic mass is 10.2. The quantitative estimate of drug-likeness (QED) is 0.553. The van der Waals surface area contributed by atoms with Gasteiger partial charge in [0, 0.05) is 5.69 Å². The van der Waals surface area contributed by atoms with E-state index >= 15 is 0 Å². The summed E-state index contributed by atoms with van der Waals surface area (Å²) in [6.07, 6.45) is -2.91. The maximum Gasteiger partial charge on any atom is 0.416 e. The molecular formula is C17H11F3N2OS2. The molecule has 0 atom stereocenters. The Morgan fingerprint density at radius 2 is 1.92 bits per heavy atom. The molecule has 8 heteroatoms. The largest absolute Gasteiger partial charge is 0.416 e. The Labute approximate surface area is 151 Å². The van der Waals surface area contributed by atoms with Crippen molar-refractivity contribution in [3.05, 3.63) is 64.3 Å². The predicted molar refractivity (Wildman–Crippen MR) is 96.1 cm³/mol. The van der Waals surface area contributed by atoms with Gasteiger partial charge in [-0.3, -0.25) is 14.7 Å². The number of pyridine rings is 1. The number of benzene rings is 1. The summed E-state index contributed by atoms with van der Waals surface area (Å²) in [7, 11) is 0. The van der Waals surface area contributed by atoms with Gasteiger partial charge in [-0.05, 0) is 43.3 Å². The molecule has 0 radical (unpaired) electrons. The van der Waals surface area contributed by atoms with Gasteiger partial charge >= 0.3 is 6.18 Å². The number of carbonyl (C=O) groups is 1. The third-order valence-electron chi connectivity index (χ3n) is 3.41. The Morgan fingerprint density at radius 3 is 2.60 bits per heavy atom. The summed E-state index contributed by atoms with van der Waals surface area (Å²) in [5, 5.41) is 0. The van der Waals surface area contributed by atoms with Gasteiger partial charge in [-0.1, -0.05) is 36.1 Å². The number of thioether (sulfide) groups is 1. The van der Waals surface area contributed by atoms with Crippen molar-refractivity contribution in [3.63, 3.8) is 0 Å². The molecule has 128 valence electrons. The SMILES string of the molecule is Cc1cccc(C=C2SC(=S)N(c3cccc(C(F)(F)F)c3)C2=O)n1. The van der Waals surface area contributed by atoms with E-state index in [1.54, 1.807) is 12.1 Å². The van der Waals surface area contributed by atoms with E-state index in [1.165, 1.54) is 12.1 Å². The molecule has 1 aromatic heterocycles. The molecular weight excluding hydrogens is 369 g/mol. The minimum atomic E-state index is -4.49. The zero-order valence-electron chi connectivity index (χ0n) is 12.9. The van der Waals surface area contributed by atoms with Gasteiger partial charge in [0.15, 0.2) is 4.32 Å². The van der Waals surface area contributed by atoms with Gasteiger partial charge in [-0.2, -0.15) is 13.2 Å². The molecule has 0 saturated carbocycles. The van der Waals surface area contributed by atoms with E-state index in [1.807, 2.05) is 19.1 Å². The van der Waals surface area contributed by atoms with Crippen LogP contribution in [0.5, 0.6) is 0 Å². The van der Waals surface area contributed by atoms with Crippen molar-refractivity contribution in [3.8, 4) is 0 Å². The zero-order valence-corrected chi connectivity index (χ0v) is 14.5. The number of alkyl halides is 3. The fraction of sp³-hybridized carbons (Fsp3) is 0.118. The van der Waals surface area contributed by atoms with Crippen LogP contribution in [0.1, 0.15) is 17.0 Å². The number of anilines is 1. The fourth-order valence-corrected chi connectivity index (χ4v) is 3.57. The summed E-state index contributed by atoms with van der Waals surface area (Å²) in [6.45, 7) is 1.82. The summed E-state index contributed by atoms with van der Waals surface area (Å²) >= 11 is 6.22. The second-order valence-electron chi connectivity index (χ2n) is 5.27. The van der Waals surface area contributed by atoms with E-state index in [9.17, 15) is 18.0 Å². The number of amides is 1. The number of rotatable bonds is 2. The summed E-state index contributed by atoms with van der Waals surface area (Å²) in [5.41, 5.74) is 0.646. The minimum Gasteiger partial charge on any atom is -0.268 e. The highest BCUT2D eigenvalue weighted by Crippen LogP contribution is 2.38. The van der Waals surface area contributed by atoms with Crippen LogP contribution in [0, 0.1) is 6.92 Å². The highest BCUT2D eigenvalue weighted by Gasteiger charge is 2.36. The molecule has 1 aliphatic rings. The van der Waals surface area contributed by atoms with Gasteiger partial charge in [0.05, 0.1) is 21.8 Å². The van der Waals surface area contributed by atoms with Crippen LogP contribution in [0.4, 0.5) is 18.9 Å². The highest BCUT2D eigenvalue weighted by molar-refractivity contribution is 8.27. The third-order valence-corrected chi connectivity index (χ3v) is 4.72. The Kier molecular flexibility index (Phi) is 4.66. The Bertz CT molecular complexity index is 893. The van der Waals surface area contributed by atoms with Crippen LogP contribution in [0.3, 0.4) is 0 Å². The Morgan fingerprint density at radius 1 is 1.20 bits per heavy atom. The molecule has 3 nitrogen and oxygen atoms in total. The first kappa shape index (κ1) is 17.6. The lowest BCUT2D eigenvalue weighted by Crippen LogP contribution is -2.27. The van der Waals surface area contributed by atoms with Gasteiger partial charge in [-0.25, -0.2) is 0 Å². The summed E-state index contributed by atoms with van der Waals surface area (Å²) in [6, 6.07) is 9.92. The van der Waals surface area contributed by atoms with E-state index < -0.39 is 17.6 Å². The zero-order chi connectivity index (χ0) is 18.2. The van der Waals surface area contributed by atoms with Crippen LogP contribution >= 0.6 is 24.0 Å². The van der Waals surface area contributed by atoms with Gasteiger partial charge in [-0.15, -0.1) is 0 Å². The van der Waals surface area contributed by atoms with Gasteiger partial charge < -0.3 is 0 Å². The molecule has 1 saturated heterocycles. The van der Waals surface area contributed by atoms with E-state index in [0.29, 0.717) is 10.6 Å². The summed E-state index contributed by atoms with van der Waals surface area (Å²) in [5.74, 6) is -0.461. The minimum absolute atomic E-state index is 0.0953. The molecule has 1 aliphatic heterocycles. The summed E-state index contributed by atoms with van der Waals surface area (Å²) < 4.78 is 38.9. The van der Waals surface area contributed by atoms with E-state index in [0.717, 1.165) is 34.5 Å². The number of aryl methyl sites for hydroxylation is 1. The average Bonchev–Trinajstić information content (AvgIpc) is 2.81. The smallest absolute Gasteiger partial charge is 0.268 e. The number of aromatic nitrogens is 1.